The van der Waals surface area contributed by atoms with E-state index in [9.17, 15) is 0 Å². The lowest BCUT2D eigenvalue weighted by atomic mass is 10.0. The standard InChI is InChI=1S/C18H19NOS/c1-12-7-8-16(20-2)14(9-12)10-15(19)18-11-13-5-3-4-6-17(13)21-18/h3-9,11,15H,10,19H2,1-2H3. The Labute approximate surface area is 129 Å². The molecule has 0 bridgehead atoms. The molecule has 1 atom stereocenters. The Kier molecular flexibility index (Phi) is 3.95. The summed E-state index contributed by atoms with van der Waals surface area (Å²) in [6.07, 6.45) is 0.789. The van der Waals surface area contributed by atoms with E-state index in [0.717, 1.165) is 12.2 Å². The first kappa shape index (κ1) is 14.1. The van der Waals surface area contributed by atoms with E-state index in [2.05, 4.69) is 49.4 Å². The molecule has 0 fully saturated rings. The fourth-order valence-corrected chi connectivity index (χ4v) is 3.66. The van der Waals surface area contributed by atoms with Crippen LogP contribution in [0.5, 0.6) is 5.75 Å². The average molecular weight is 297 g/mol. The third-order valence-corrected chi connectivity index (χ3v) is 4.93. The maximum absolute atomic E-state index is 6.42. The van der Waals surface area contributed by atoms with Crippen LogP contribution in [0.1, 0.15) is 22.0 Å². The molecule has 0 aliphatic rings. The molecule has 3 aromatic rings. The molecule has 1 aromatic heterocycles. The zero-order valence-electron chi connectivity index (χ0n) is 12.3. The van der Waals surface area contributed by atoms with E-state index in [1.165, 1.54) is 26.1 Å². The highest BCUT2D eigenvalue weighted by atomic mass is 32.1. The summed E-state index contributed by atoms with van der Waals surface area (Å²) in [6.45, 7) is 2.09. The predicted octanol–water partition coefficient (Wildman–Crippen LogP) is 4.46. The van der Waals surface area contributed by atoms with Gasteiger partial charge in [0.25, 0.3) is 0 Å². The summed E-state index contributed by atoms with van der Waals surface area (Å²) in [5, 5.41) is 1.27. The van der Waals surface area contributed by atoms with Gasteiger partial charge in [0.2, 0.25) is 0 Å². The molecule has 0 amide bonds. The molecule has 1 heterocycles. The number of nitrogens with two attached hydrogens (primary N) is 1. The van der Waals surface area contributed by atoms with E-state index in [4.69, 9.17) is 10.5 Å². The molecule has 2 N–H and O–H groups in total. The number of ether oxygens (including phenoxy) is 1. The number of thiophene rings is 1. The lowest BCUT2D eigenvalue weighted by molar-refractivity contribution is 0.408. The van der Waals surface area contributed by atoms with Gasteiger partial charge in [0.15, 0.2) is 0 Å². The Morgan fingerprint density at radius 2 is 1.95 bits per heavy atom. The Bertz CT molecular complexity index is 730. The number of rotatable bonds is 4. The van der Waals surface area contributed by atoms with E-state index in [1.807, 2.05) is 6.07 Å². The van der Waals surface area contributed by atoms with Crippen molar-refractivity contribution in [3.8, 4) is 5.75 Å². The summed E-state index contributed by atoms with van der Waals surface area (Å²) in [7, 11) is 1.71. The first-order valence-electron chi connectivity index (χ1n) is 7.05. The summed E-state index contributed by atoms with van der Waals surface area (Å²) in [5.41, 5.74) is 8.82. The predicted molar refractivity (Wildman–Crippen MR) is 90.2 cm³/mol. The van der Waals surface area contributed by atoms with Crippen LogP contribution in [0.15, 0.2) is 48.5 Å². The molecule has 0 saturated heterocycles. The van der Waals surface area contributed by atoms with Crippen LogP contribution in [0.2, 0.25) is 0 Å². The van der Waals surface area contributed by atoms with Gasteiger partial charge in [0.1, 0.15) is 5.75 Å². The van der Waals surface area contributed by atoms with Gasteiger partial charge in [0, 0.05) is 15.6 Å². The monoisotopic (exact) mass is 297 g/mol. The topological polar surface area (TPSA) is 35.2 Å². The second-order valence-corrected chi connectivity index (χ2v) is 6.43. The maximum Gasteiger partial charge on any atom is 0.122 e. The third kappa shape index (κ3) is 2.94. The maximum atomic E-state index is 6.42. The molecule has 3 rings (SSSR count). The number of hydrogen-bond donors (Lipinski definition) is 1. The van der Waals surface area contributed by atoms with E-state index >= 15 is 0 Å². The number of aryl methyl sites for hydroxylation is 1. The van der Waals surface area contributed by atoms with Crippen molar-refractivity contribution in [3.63, 3.8) is 0 Å². The minimum absolute atomic E-state index is 0.00176. The first-order valence-corrected chi connectivity index (χ1v) is 7.86. The van der Waals surface area contributed by atoms with E-state index < -0.39 is 0 Å². The average Bonchev–Trinajstić information content (AvgIpc) is 2.91. The van der Waals surface area contributed by atoms with Crippen LogP contribution < -0.4 is 10.5 Å². The Balaban J connectivity index is 1.89. The smallest absolute Gasteiger partial charge is 0.122 e. The lowest BCUT2D eigenvalue weighted by Crippen LogP contribution is -2.12. The number of hydrogen-bond acceptors (Lipinski definition) is 3. The van der Waals surface area contributed by atoms with Crippen molar-refractivity contribution in [2.45, 2.75) is 19.4 Å². The van der Waals surface area contributed by atoms with Gasteiger partial charge < -0.3 is 10.5 Å². The van der Waals surface area contributed by atoms with Crippen LogP contribution >= 0.6 is 11.3 Å². The molecule has 0 aliphatic carbocycles. The SMILES string of the molecule is COc1ccc(C)cc1CC(N)c1cc2ccccc2s1. The van der Waals surface area contributed by atoms with Gasteiger partial charge in [0.05, 0.1) is 7.11 Å². The van der Waals surface area contributed by atoms with Gasteiger partial charge in [-0.1, -0.05) is 35.9 Å². The summed E-state index contributed by atoms with van der Waals surface area (Å²) < 4.78 is 6.73. The van der Waals surface area contributed by atoms with Crippen molar-refractivity contribution in [2.75, 3.05) is 7.11 Å². The molecule has 2 aromatic carbocycles. The second-order valence-electron chi connectivity index (χ2n) is 5.31. The normalized spacial score (nSPS) is 12.5. The minimum Gasteiger partial charge on any atom is -0.496 e. The van der Waals surface area contributed by atoms with E-state index in [1.54, 1.807) is 18.4 Å². The molecular formula is C18H19NOS. The molecule has 108 valence electrons. The summed E-state index contributed by atoms with van der Waals surface area (Å²) in [5.74, 6) is 0.914. The number of fused-ring (bicyclic) bond motifs is 1. The molecule has 0 saturated carbocycles. The summed E-state index contributed by atoms with van der Waals surface area (Å²) in [4.78, 5) is 1.22. The Hall–Kier alpha value is -1.84. The molecule has 0 aliphatic heterocycles. The van der Waals surface area contributed by atoms with Crippen molar-refractivity contribution in [3.05, 3.63) is 64.5 Å². The highest BCUT2D eigenvalue weighted by Crippen LogP contribution is 2.32. The van der Waals surface area contributed by atoms with Crippen molar-refractivity contribution >= 4 is 21.4 Å². The zero-order valence-corrected chi connectivity index (χ0v) is 13.1. The van der Waals surface area contributed by atoms with E-state index in [0.29, 0.717) is 0 Å². The van der Waals surface area contributed by atoms with E-state index in [-0.39, 0.29) is 6.04 Å². The molecule has 3 heteroatoms. The lowest BCUT2D eigenvalue weighted by Gasteiger charge is -2.13. The van der Waals surface area contributed by atoms with Crippen LogP contribution in [0.25, 0.3) is 10.1 Å². The highest BCUT2D eigenvalue weighted by molar-refractivity contribution is 7.19. The fraction of sp³-hybridized carbons (Fsp3) is 0.222. The van der Waals surface area contributed by atoms with Gasteiger partial charge in [-0.3, -0.25) is 0 Å². The largest absolute Gasteiger partial charge is 0.496 e. The number of methoxy groups -OCH3 is 1. The van der Waals surface area contributed by atoms with Gasteiger partial charge in [-0.2, -0.15) is 0 Å². The molecule has 2 nitrogen and oxygen atoms in total. The molecule has 0 spiro atoms. The zero-order chi connectivity index (χ0) is 14.8. The van der Waals surface area contributed by atoms with Crippen molar-refractivity contribution in [1.82, 2.24) is 0 Å². The van der Waals surface area contributed by atoms with Crippen molar-refractivity contribution in [1.29, 1.82) is 0 Å². The summed E-state index contributed by atoms with van der Waals surface area (Å²) in [6, 6.07) is 16.8. The summed E-state index contributed by atoms with van der Waals surface area (Å²) >= 11 is 1.78. The van der Waals surface area contributed by atoms with Crippen molar-refractivity contribution < 1.29 is 4.74 Å². The van der Waals surface area contributed by atoms with Gasteiger partial charge in [-0.05, 0) is 42.5 Å². The van der Waals surface area contributed by atoms with Crippen LogP contribution in [-0.2, 0) is 6.42 Å². The molecule has 21 heavy (non-hydrogen) atoms. The van der Waals surface area contributed by atoms with Crippen LogP contribution in [0, 0.1) is 6.92 Å². The first-order chi connectivity index (χ1) is 10.2. The minimum atomic E-state index is -0.00176. The fourth-order valence-electron chi connectivity index (χ4n) is 2.59. The van der Waals surface area contributed by atoms with Crippen molar-refractivity contribution in [2.24, 2.45) is 5.73 Å². The Morgan fingerprint density at radius 3 is 2.71 bits per heavy atom. The third-order valence-electron chi connectivity index (χ3n) is 3.69. The highest BCUT2D eigenvalue weighted by Gasteiger charge is 2.13. The molecule has 0 radical (unpaired) electrons. The Morgan fingerprint density at radius 1 is 1.14 bits per heavy atom. The molecule has 1 unspecified atom stereocenters. The van der Waals surface area contributed by atoms with Gasteiger partial charge in [-0.15, -0.1) is 11.3 Å². The second kappa shape index (κ2) is 5.88. The van der Waals surface area contributed by atoms with Gasteiger partial charge >= 0.3 is 0 Å². The van der Waals surface area contributed by atoms with Crippen LogP contribution in [0.3, 0.4) is 0 Å². The quantitative estimate of drug-likeness (QED) is 0.771. The van der Waals surface area contributed by atoms with Crippen LogP contribution in [0.4, 0.5) is 0 Å². The molecular weight excluding hydrogens is 278 g/mol. The number of benzene rings is 2. The van der Waals surface area contributed by atoms with Crippen LogP contribution in [-0.4, -0.2) is 7.11 Å². The van der Waals surface area contributed by atoms with Gasteiger partial charge in [-0.25, -0.2) is 0 Å².